The van der Waals surface area contributed by atoms with E-state index >= 15 is 0 Å². The van der Waals surface area contributed by atoms with E-state index in [1.807, 2.05) is 43.1 Å². The van der Waals surface area contributed by atoms with E-state index in [9.17, 15) is 4.79 Å². The Labute approximate surface area is 146 Å². The van der Waals surface area contributed by atoms with Gasteiger partial charge in [-0.05, 0) is 32.1 Å². The molecular formula is C20H21N3O2. The maximum Gasteiger partial charge on any atom is 0.246 e. The average molecular weight is 335 g/mol. The highest BCUT2D eigenvalue weighted by Crippen LogP contribution is 2.25. The molecule has 1 N–H and O–H groups in total. The number of aromatic nitrogens is 2. The Bertz CT molecular complexity index is 950. The summed E-state index contributed by atoms with van der Waals surface area (Å²) in [6.07, 6.45) is 5.35. The minimum atomic E-state index is 0.00261. The summed E-state index contributed by atoms with van der Waals surface area (Å²) in [5.41, 5.74) is 2.87. The highest BCUT2D eigenvalue weighted by Gasteiger charge is 2.24. The number of carbonyl (C=O) groups excluding carboxylic acids is 1. The third-order valence-corrected chi connectivity index (χ3v) is 4.54. The number of carbonyl (C=O) groups is 1. The van der Waals surface area contributed by atoms with Crippen molar-refractivity contribution in [2.24, 2.45) is 0 Å². The molecule has 1 aliphatic rings. The van der Waals surface area contributed by atoms with E-state index < -0.39 is 0 Å². The van der Waals surface area contributed by atoms with Gasteiger partial charge in [-0.15, -0.1) is 0 Å². The van der Waals surface area contributed by atoms with Crippen LogP contribution in [0.5, 0.6) is 0 Å². The molecule has 0 spiro atoms. The van der Waals surface area contributed by atoms with Gasteiger partial charge in [0.2, 0.25) is 5.91 Å². The zero-order chi connectivity index (χ0) is 17.4. The van der Waals surface area contributed by atoms with Crippen molar-refractivity contribution in [2.75, 3.05) is 13.1 Å². The number of pyridine rings is 1. The van der Waals surface area contributed by atoms with Crippen LogP contribution in [0.2, 0.25) is 0 Å². The number of amides is 1. The first kappa shape index (κ1) is 15.8. The van der Waals surface area contributed by atoms with Crippen LogP contribution in [0.3, 0.4) is 0 Å². The summed E-state index contributed by atoms with van der Waals surface area (Å²) >= 11 is 0. The summed E-state index contributed by atoms with van der Waals surface area (Å²) in [6.45, 7) is 5.24. The lowest BCUT2D eigenvalue weighted by Gasteiger charge is -2.34. The monoisotopic (exact) mass is 335 g/mol. The van der Waals surface area contributed by atoms with E-state index in [4.69, 9.17) is 4.74 Å². The van der Waals surface area contributed by atoms with E-state index in [-0.39, 0.29) is 18.1 Å². The van der Waals surface area contributed by atoms with Gasteiger partial charge < -0.3 is 14.6 Å². The Morgan fingerprint density at radius 1 is 1.20 bits per heavy atom. The predicted octanol–water partition coefficient (Wildman–Crippen LogP) is 3.37. The summed E-state index contributed by atoms with van der Waals surface area (Å²) in [6, 6.07) is 10.2. The van der Waals surface area contributed by atoms with Gasteiger partial charge in [-0.2, -0.15) is 0 Å². The van der Waals surface area contributed by atoms with Gasteiger partial charge >= 0.3 is 0 Å². The van der Waals surface area contributed by atoms with Crippen LogP contribution in [-0.4, -0.2) is 46.1 Å². The topological polar surface area (TPSA) is 58.2 Å². The number of H-pyrrole nitrogens is 1. The van der Waals surface area contributed by atoms with Gasteiger partial charge in [-0.1, -0.05) is 18.2 Å². The zero-order valence-electron chi connectivity index (χ0n) is 14.4. The quantitative estimate of drug-likeness (QED) is 0.731. The van der Waals surface area contributed by atoms with Gasteiger partial charge in [-0.25, -0.2) is 0 Å². The molecule has 3 aromatic rings. The van der Waals surface area contributed by atoms with Crippen molar-refractivity contribution in [3.63, 3.8) is 0 Å². The highest BCUT2D eigenvalue weighted by atomic mass is 16.5. The van der Waals surface area contributed by atoms with Crippen LogP contribution in [0.25, 0.3) is 27.9 Å². The van der Waals surface area contributed by atoms with Crippen molar-refractivity contribution in [3.8, 4) is 0 Å². The molecule has 25 heavy (non-hydrogen) atoms. The van der Waals surface area contributed by atoms with Crippen LogP contribution in [0, 0.1) is 0 Å². The van der Waals surface area contributed by atoms with Gasteiger partial charge in [0, 0.05) is 35.5 Å². The molecular weight excluding hydrogens is 314 g/mol. The van der Waals surface area contributed by atoms with E-state index in [1.165, 1.54) is 0 Å². The Kier molecular flexibility index (Phi) is 4.01. The molecule has 2 unspecified atom stereocenters. The summed E-state index contributed by atoms with van der Waals surface area (Å²) in [4.78, 5) is 22.1. The summed E-state index contributed by atoms with van der Waals surface area (Å²) in [5, 5.41) is 2.28. The van der Waals surface area contributed by atoms with Crippen molar-refractivity contribution >= 4 is 33.8 Å². The van der Waals surface area contributed by atoms with Crippen molar-refractivity contribution in [2.45, 2.75) is 26.1 Å². The molecule has 1 saturated heterocycles. The number of para-hydroxylation sites is 1. The molecule has 0 radical (unpaired) electrons. The Balaban J connectivity index is 1.58. The second-order valence-corrected chi connectivity index (χ2v) is 6.66. The minimum absolute atomic E-state index is 0.00261. The molecule has 128 valence electrons. The molecule has 2 aromatic heterocycles. The van der Waals surface area contributed by atoms with E-state index in [1.54, 1.807) is 12.2 Å². The van der Waals surface area contributed by atoms with Crippen LogP contribution in [0.1, 0.15) is 19.5 Å². The van der Waals surface area contributed by atoms with Crippen LogP contribution >= 0.6 is 0 Å². The number of rotatable bonds is 2. The predicted molar refractivity (Wildman–Crippen MR) is 99.2 cm³/mol. The number of benzene rings is 1. The number of hydrogen-bond acceptors (Lipinski definition) is 3. The molecule has 1 aliphatic heterocycles. The normalized spacial score (nSPS) is 21.4. The van der Waals surface area contributed by atoms with Gasteiger partial charge in [0.25, 0.3) is 0 Å². The molecule has 5 nitrogen and oxygen atoms in total. The molecule has 4 rings (SSSR count). The van der Waals surface area contributed by atoms with Crippen molar-refractivity contribution < 1.29 is 9.53 Å². The molecule has 5 heteroatoms. The minimum Gasteiger partial charge on any atom is -0.372 e. The standard InChI is InChI=1S/C20H21N3O2/c1-13-11-23(12-14(2)25-13)20(24)8-7-15-9-17-16-5-3-4-6-18(16)22-19(17)10-21-15/h3-10,13-14,22H,11-12H2,1-2H3/b8-7+. The first-order chi connectivity index (χ1) is 12.1. The summed E-state index contributed by atoms with van der Waals surface area (Å²) in [5.74, 6) is 0.00261. The smallest absolute Gasteiger partial charge is 0.246 e. The van der Waals surface area contributed by atoms with Gasteiger partial charge in [-0.3, -0.25) is 9.78 Å². The molecule has 2 atom stereocenters. The first-order valence-electron chi connectivity index (χ1n) is 8.59. The Hall–Kier alpha value is -2.66. The largest absolute Gasteiger partial charge is 0.372 e. The molecule has 1 fully saturated rings. The zero-order valence-corrected chi connectivity index (χ0v) is 14.4. The number of hydrogen-bond donors (Lipinski definition) is 1. The first-order valence-corrected chi connectivity index (χ1v) is 8.59. The molecule has 0 aliphatic carbocycles. The maximum absolute atomic E-state index is 12.4. The Morgan fingerprint density at radius 3 is 2.76 bits per heavy atom. The molecule has 1 amide bonds. The van der Waals surface area contributed by atoms with Crippen molar-refractivity contribution in [1.29, 1.82) is 0 Å². The highest BCUT2D eigenvalue weighted by molar-refractivity contribution is 6.07. The third-order valence-electron chi connectivity index (χ3n) is 4.54. The number of nitrogens with one attached hydrogen (secondary N) is 1. The number of nitrogens with zero attached hydrogens (tertiary/aromatic N) is 2. The van der Waals surface area contributed by atoms with Gasteiger partial charge in [0.1, 0.15) is 0 Å². The fourth-order valence-electron chi connectivity index (χ4n) is 3.48. The Morgan fingerprint density at radius 2 is 1.96 bits per heavy atom. The summed E-state index contributed by atoms with van der Waals surface area (Å²) in [7, 11) is 0. The molecule has 1 aromatic carbocycles. The second-order valence-electron chi connectivity index (χ2n) is 6.66. The lowest BCUT2D eigenvalue weighted by Crippen LogP contribution is -2.47. The van der Waals surface area contributed by atoms with Crippen LogP contribution in [0.4, 0.5) is 0 Å². The SMILES string of the molecule is CC1CN(C(=O)/C=C/c2cc3c(cn2)[nH]c2ccccc23)CC(C)O1. The molecule has 0 saturated carbocycles. The van der Waals surface area contributed by atoms with Crippen molar-refractivity contribution in [3.05, 3.63) is 48.3 Å². The van der Waals surface area contributed by atoms with Crippen molar-refractivity contribution in [1.82, 2.24) is 14.9 Å². The number of ether oxygens (including phenoxy) is 1. The fraction of sp³-hybridized carbons (Fsp3) is 0.300. The lowest BCUT2D eigenvalue weighted by molar-refractivity contribution is -0.137. The third kappa shape index (κ3) is 3.15. The fourth-order valence-corrected chi connectivity index (χ4v) is 3.48. The van der Waals surface area contributed by atoms with Gasteiger partial charge in [0.15, 0.2) is 0 Å². The van der Waals surface area contributed by atoms with Crippen LogP contribution < -0.4 is 0 Å². The van der Waals surface area contributed by atoms with E-state index in [0.29, 0.717) is 13.1 Å². The lowest BCUT2D eigenvalue weighted by atomic mass is 10.1. The summed E-state index contributed by atoms with van der Waals surface area (Å²) < 4.78 is 5.68. The average Bonchev–Trinajstić information content (AvgIpc) is 2.97. The molecule has 3 heterocycles. The second kappa shape index (κ2) is 6.33. The van der Waals surface area contributed by atoms with Crippen LogP contribution in [0.15, 0.2) is 42.6 Å². The van der Waals surface area contributed by atoms with Gasteiger partial charge in [0.05, 0.1) is 29.6 Å². The number of aromatic amines is 1. The maximum atomic E-state index is 12.4. The number of fused-ring (bicyclic) bond motifs is 3. The number of morpholine rings is 1. The van der Waals surface area contributed by atoms with E-state index in [0.717, 1.165) is 27.5 Å². The van der Waals surface area contributed by atoms with E-state index in [2.05, 4.69) is 22.1 Å². The molecule has 0 bridgehead atoms. The van der Waals surface area contributed by atoms with Crippen LogP contribution in [-0.2, 0) is 9.53 Å².